The van der Waals surface area contributed by atoms with E-state index in [4.69, 9.17) is 4.52 Å². The van der Waals surface area contributed by atoms with Crippen LogP contribution in [0.4, 0.5) is 10.5 Å². The predicted molar refractivity (Wildman–Crippen MR) is 105 cm³/mol. The highest BCUT2D eigenvalue weighted by atomic mass is 16.5. The van der Waals surface area contributed by atoms with Crippen LogP contribution in [0.25, 0.3) is 11.4 Å². The molecule has 0 atom stereocenters. The molecule has 6 nitrogen and oxygen atoms in total. The maximum absolute atomic E-state index is 12.6. The molecule has 0 aliphatic rings. The van der Waals surface area contributed by atoms with E-state index in [-0.39, 0.29) is 12.6 Å². The summed E-state index contributed by atoms with van der Waals surface area (Å²) >= 11 is 0. The lowest BCUT2D eigenvalue weighted by atomic mass is 10.1. The molecule has 6 heteroatoms. The number of urea groups is 1. The number of rotatable bonds is 6. The number of hydrogen-bond acceptors (Lipinski definition) is 4. The number of anilines is 1. The van der Waals surface area contributed by atoms with Crippen LogP contribution in [0, 0.1) is 13.8 Å². The van der Waals surface area contributed by atoms with Crippen molar-refractivity contribution in [3.63, 3.8) is 0 Å². The Labute approximate surface area is 158 Å². The van der Waals surface area contributed by atoms with Crippen LogP contribution in [0.5, 0.6) is 0 Å². The van der Waals surface area contributed by atoms with Gasteiger partial charge in [0.25, 0.3) is 0 Å². The fourth-order valence-corrected chi connectivity index (χ4v) is 2.68. The van der Waals surface area contributed by atoms with Crippen LogP contribution in [-0.2, 0) is 6.54 Å². The molecule has 0 fully saturated rings. The standard InChI is InChI=1S/C21H22N4O2/c1-4-11-25(21(26)22-18-10-6-8-16(3)13-18)14-19-23-20(24-27-19)17-9-5-7-15(2)12-17/h4-10,12-13H,1,11,14H2,2-3H3,(H,22,26). The Morgan fingerprint density at radius 3 is 2.63 bits per heavy atom. The Kier molecular flexibility index (Phi) is 5.66. The Morgan fingerprint density at radius 1 is 1.19 bits per heavy atom. The van der Waals surface area contributed by atoms with Gasteiger partial charge >= 0.3 is 6.03 Å². The smallest absolute Gasteiger partial charge is 0.322 e. The first kappa shape index (κ1) is 18.4. The van der Waals surface area contributed by atoms with E-state index in [1.807, 2.05) is 62.4 Å². The zero-order valence-electron chi connectivity index (χ0n) is 15.5. The first-order valence-corrected chi connectivity index (χ1v) is 8.68. The number of amides is 2. The predicted octanol–water partition coefficient (Wildman–Crippen LogP) is 4.57. The van der Waals surface area contributed by atoms with Crippen molar-refractivity contribution in [1.29, 1.82) is 0 Å². The molecular formula is C21H22N4O2. The lowest BCUT2D eigenvalue weighted by Gasteiger charge is -2.19. The highest BCUT2D eigenvalue weighted by Crippen LogP contribution is 2.18. The number of aryl methyl sites for hydroxylation is 2. The lowest BCUT2D eigenvalue weighted by molar-refractivity contribution is 0.206. The van der Waals surface area contributed by atoms with Crippen LogP contribution in [0.3, 0.4) is 0 Å². The van der Waals surface area contributed by atoms with Gasteiger partial charge in [-0.15, -0.1) is 6.58 Å². The zero-order valence-corrected chi connectivity index (χ0v) is 15.5. The number of carbonyl (C=O) groups is 1. The average Bonchev–Trinajstić information content (AvgIpc) is 3.10. The van der Waals surface area contributed by atoms with Gasteiger partial charge in [0.2, 0.25) is 11.7 Å². The summed E-state index contributed by atoms with van der Waals surface area (Å²) < 4.78 is 5.34. The Bertz CT molecular complexity index is 949. The molecule has 3 rings (SSSR count). The van der Waals surface area contributed by atoms with Crippen molar-refractivity contribution in [1.82, 2.24) is 15.0 Å². The second-order valence-electron chi connectivity index (χ2n) is 6.35. The van der Waals surface area contributed by atoms with Crippen molar-refractivity contribution in [3.05, 3.63) is 78.2 Å². The van der Waals surface area contributed by atoms with Gasteiger partial charge in [-0.05, 0) is 37.6 Å². The van der Waals surface area contributed by atoms with Crippen LogP contribution in [0.2, 0.25) is 0 Å². The average molecular weight is 362 g/mol. The molecule has 3 aromatic rings. The van der Waals surface area contributed by atoms with Gasteiger partial charge in [-0.2, -0.15) is 4.98 Å². The van der Waals surface area contributed by atoms with Crippen LogP contribution in [0.1, 0.15) is 17.0 Å². The molecule has 0 unspecified atom stereocenters. The second-order valence-corrected chi connectivity index (χ2v) is 6.35. The summed E-state index contributed by atoms with van der Waals surface area (Å²) in [6, 6.07) is 15.2. The van der Waals surface area contributed by atoms with Crippen molar-refractivity contribution in [2.75, 3.05) is 11.9 Å². The maximum Gasteiger partial charge on any atom is 0.322 e. The van der Waals surface area contributed by atoms with Gasteiger partial charge in [0.1, 0.15) is 6.54 Å². The molecular weight excluding hydrogens is 340 g/mol. The van der Waals surface area contributed by atoms with Crippen LogP contribution < -0.4 is 5.32 Å². The first-order valence-electron chi connectivity index (χ1n) is 8.68. The molecule has 0 radical (unpaired) electrons. The van der Waals surface area contributed by atoms with Crippen LogP contribution in [-0.4, -0.2) is 27.6 Å². The van der Waals surface area contributed by atoms with Gasteiger partial charge in [-0.25, -0.2) is 4.79 Å². The van der Waals surface area contributed by atoms with Crippen molar-refractivity contribution in [2.45, 2.75) is 20.4 Å². The molecule has 1 N–H and O–H groups in total. The molecule has 0 bridgehead atoms. The van der Waals surface area contributed by atoms with Crippen LogP contribution >= 0.6 is 0 Å². The van der Waals surface area contributed by atoms with E-state index in [0.29, 0.717) is 18.3 Å². The highest BCUT2D eigenvalue weighted by molar-refractivity contribution is 5.89. The van der Waals surface area contributed by atoms with E-state index in [0.717, 1.165) is 22.4 Å². The van der Waals surface area contributed by atoms with Gasteiger partial charge in [0.05, 0.1) is 0 Å². The number of aromatic nitrogens is 2. The van der Waals surface area contributed by atoms with Crippen molar-refractivity contribution in [2.24, 2.45) is 0 Å². The molecule has 0 aliphatic carbocycles. The molecule has 2 aromatic carbocycles. The van der Waals surface area contributed by atoms with E-state index in [1.54, 1.807) is 11.0 Å². The third kappa shape index (κ3) is 4.82. The fourth-order valence-electron chi connectivity index (χ4n) is 2.68. The van der Waals surface area contributed by atoms with Gasteiger partial charge in [-0.3, -0.25) is 0 Å². The summed E-state index contributed by atoms with van der Waals surface area (Å²) in [6.07, 6.45) is 1.66. The van der Waals surface area contributed by atoms with E-state index < -0.39 is 0 Å². The SMILES string of the molecule is C=CCN(Cc1nc(-c2cccc(C)c2)no1)C(=O)Nc1cccc(C)c1. The minimum Gasteiger partial charge on any atom is -0.337 e. The summed E-state index contributed by atoms with van der Waals surface area (Å²) in [6.45, 7) is 8.26. The summed E-state index contributed by atoms with van der Waals surface area (Å²) in [7, 11) is 0. The zero-order chi connectivity index (χ0) is 19.2. The largest absolute Gasteiger partial charge is 0.337 e. The van der Waals surface area contributed by atoms with Gasteiger partial charge in [0.15, 0.2) is 0 Å². The van der Waals surface area contributed by atoms with E-state index >= 15 is 0 Å². The molecule has 1 aromatic heterocycles. The number of benzene rings is 2. The second kappa shape index (κ2) is 8.31. The minimum atomic E-state index is -0.254. The van der Waals surface area contributed by atoms with Gasteiger partial charge < -0.3 is 14.7 Å². The number of nitrogens with one attached hydrogen (secondary N) is 1. The van der Waals surface area contributed by atoms with Gasteiger partial charge in [-0.1, -0.05) is 47.1 Å². The summed E-state index contributed by atoms with van der Waals surface area (Å²) in [5, 5.41) is 6.91. The fraction of sp³-hybridized carbons (Fsp3) is 0.190. The number of carbonyl (C=O) groups excluding carboxylic acids is 1. The molecule has 0 spiro atoms. The summed E-state index contributed by atoms with van der Waals surface area (Å²) in [5.41, 5.74) is 3.80. The lowest BCUT2D eigenvalue weighted by Crippen LogP contribution is -2.34. The monoisotopic (exact) mass is 362 g/mol. The third-order valence-corrected chi connectivity index (χ3v) is 3.98. The third-order valence-electron chi connectivity index (χ3n) is 3.98. The normalized spacial score (nSPS) is 10.4. The Balaban J connectivity index is 1.72. The van der Waals surface area contributed by atoms with E-state index in [2.05, 4.69) is 22.0 Å². The highest BCUT2D eigenvalue weighted by Gasteiger charge is 2.17. The maximum atomic E-state index is 12.6. The number of nitrogens with zero attached hydrogens (tertiary/aromatic N) is 3. The quantitative estimate of drug-likeness (QED) is 0.652. The number of hydrogen-bond donors (Lipinski definition) is 1. The topological polar surface area (TPSA) is 71.3 Å². The Hall–Kier alpha value is -3.41. The van der Waals surface area contributed by atoms with E-state index in [1.165, 1.54) is 0 Å². The molecule has 0 saturated carbocycles. The Morgan fingerprint density at radius 2 is 1.93 bits per heavy atom. The molecule has 0 saturated heterocycles. The van der Waals surface area contributed by atoms with Crippen molar-refractivity contribution < 1.29 is 9.32 Å². The molecule has 1 heterocycles. The van der Waals surface area contributed by atoms with Crippen LogP contribution in [0.15, 0.2) is 65.7 Å². The summed E-state index contributed by atoms with van der Waals surface area (Å²) in [5.74, 6) is 0.874. The van der Waals surface area contributed by atoms with Crippen molar-refractivity contribution >= 4 is 11.7 Å². The molecule has 27 heavy (non-hydrogen) atoms. The van der Waals surface area contributed by atoms with E-state index in [9.17, 15) is 4.79 Å². The van der Waals surface area contributed by atoms with Gasteiger partial charge in [0, 0.05) is 17.8 Å². The first-order chi connectivity index (χ1) is 13.0. The van der Waals surface area contributed by atoms with Crippen molar-refractivity contribution in [3.8, 4) is 11.4 Å². The molecule has 0 aliphatic heterocycles. The molecule has 2 amide bonds. The summed E-state index contributed by atoms with van der Waals surface area (Å²) in [4.78, 5) is 18.6. The minimum absolute atomic E-state index is 0.197. The molecule has 138 valence electrons.